The second-order valence-corrected chi connectivity index (χ2v) is 18.9. The number of fused-ring (bicyclic) bond motifs is 3. The van der Waals surface area contributed by atoms with Crippen molar-refractivity contribution in [2.45, 2.75) is 144 Å². The number of ether oxygens (including phenoxy) is 4. The largest absolute Gasteiger partial charge is 0.462 e. The van der Waals surface area contributed by atoms with E-state index in [1.54, 1.807) is 0 Å². The van der Waals surface area contributed by atoms with Gasteiger partial charge in [-0.25, -0.2) is 0 Å². The van der Waals surface area contributed by atoms with Crippen LogP contribution < -0.4 is 0 Å². The molecule has 2 fully saturated rings. The highest BCUT2D eigenvalue weighted by atomic mass is 28.4. The highest BCUT2D eigenvalue weighted by Gasteiger charge is 2.65. The molecule has 3 rings (SSSR count). The van der Waals surface area contributed by atoms with Crippen LogP contribution in [0.5, 0.6) is 0 Å². The molecule has 9 atom stereocenters. The van der Waals surface area contributed by atoms with Gasteiger partial charge in [0.05, 0.1) is 6.10 Å². The van der Waals surface area contributed by atoms with Crippen LogP contribution in [0, 0.1) is 28.6 Å². The topological polar surface area (TPSA) is 135 Å². The van der Waals surface area contributed by atoms with E-state index in [0.717, 1.165) is 23.7 Å². The summed E-state index contributed by atoms with van der Waals surface area (Å²) < 4.78 is 31.6. The number of carbonyl (C=O) groups is 4. The van der Waals surface area contributed by atoms with Gasteiger partial charge in [-0.2, -0.15) is 0 Å². The average Bonchev–Trinajstić information content (AvgIpc) is 2.94. The summed E-state index contributed by atoms with van der Waals surface area (Å²) in [5.41, 5.74) is -0.248. The normalized spacial score (nSPS) is 34.5. The van der Waals surface area contributed by atoms with Crippen molar-refractivity contribution in [2.24, 2.45) is 28.6 Å². The van der Waals surface area contributed by atoms with Gasteiger partial charge in [0.15, 0.2) is 14.4 Å². The number of hydrogen-bond donors (Lipinski definition) is 1. The first-order valence-corrected chi connectivity index (χ1v) is 19.1. The zero-order valence-electron chi connectivity index (χ0n) is 29.2. The minimum absolute atomic E-state index is 0.239. The van der Waals surface area contributed by atoms with Crippen LogP contribution >= 0.6 is 0 Å². The van der Waals surface area contributed by atoms with Gasteiger partial charge in [0.1, 0.15) is 18.3 Å². The van der Waals surface area contributed by atoms with Gasteiger partial charge >= 0.3 is 23.9 Å². The summed E-state index contributed by atoms with van der Waals surface area (Å²) in [6.45, 7) is 19.5. The van der Waals surface area contributed by atoms with Gasteiger partial charge in [0, 0.05) is 57.5 Å². The molecule has 0 unspecified atom stereocenters. The Kier molecular flexibility index (Phi) is 11.8. The van der Waals surface area contributed by atoms with Crippen LogP contribution in [0.3, 0.4) is 0 Å². The zero-order chi connectivity index (χ0) is 34.1. The standard InChI is InChI=1S/C34H56O10Si/c1-12-45(13-2,14-3)44-26-15-16-34(11)29(24(26)18-35)30(41-21(6)37)25-17-27(40-20(5)36)19(4)28(33(25,9)10)31(42-22(7)38)32(34)43-23(8)39/h24-27,29-32,35H,12-18H2,1-11H3/t24-,25-,26-,27-,29-,30+,31+,32-,34+/m0/s1. The fourth-order valence-corrected chi connectivity index (χ4v) is 12.0. The van der Waals surface area contributed by atoms with E-state index in [-0.39, 0.29) is 12.7 Å². The molecular weight excluding hydrogens is 596 g/mol. The lowest BCUT2D eigenvalue weighted by atomic mass is 9.48. The van der Waals surface area contributed by atoms with Crippen molar-refractivity contribution < 1.29 is 47.7 Å². The third kappa shape index (κ3) is 7.20. The van der Waals surface area contributed by atoms with E-state index in [0.29, 0.717) is 24.8 Å². The molecule has 2 bridgehead atoms. The second kappa shape index (κ2) is 14.3. The van der Waals surface area contributed by atoms with Gasteiger partial charge in [0.2, 0.25) is 0 Å². The second-order valence-electron chi connectivity index (χ2n) is 14.2. The molecule has 3 aliphatic carbocycles. The summed E-state index contributed by atoms with van der Waals surface area (Å²) in [5, 5.41) is 11.2. The maximum absolute atomic E-state index is 12.9. The smallest absolute Gasteiger partial charge is 0.303 e. The molecule has 0 aromatic heterocycles. The molecule has 0 aliphatic heterocycles. The van der Waals surface area contributed by atoms with Crippen molar-refractivity contribution >= 4 is 32.2 Å². The van der Waals surface area contributed by atoms with Crippen molar-refractivity contribution in [3.05, 3.63) is 11.1 Å². The number of esters is 4. The van der Waals surface area contributed by atoms with Gasteiger partial charge in [-0.15, -0.1) is 0 Å². The number of aliphatic hydroxyl groups excluding tert-OH is 1. The Labute approximate surface area is 270 Å². The molecule has 0 spiro atoms. The molecule has 45 heavy (non-hydrogen) atoms. The van der Waals surface area contributed by atoms with Crippen molar-refractivity contribution in [3.63, 3.8) is 0 Å². The van der Waals surface area contributed by atoms with Gasteiger partial charge in [-0.3, -0.25) is 19.2 Å². The van der Waals surface area contributed by atoms with E-state index in [4.69, 9.17) is 23.4 Å². The van der Waals surface area contributed by atoms with Crippen LogP contribution in [-0.4, -0.2) is 74.4 Å². The molecule has 10 nitrogen and oxygen atoms in total. The van der Waals surface area contributed by atoms with E-state index >= 15 is 0 Å². The fourth-order valence-electron chi connectivity index (χ4n) is 9.03. The molecule has 256 valence electrons. The van der Waals surface area contributed by atoms with Crippen LogP contribution in [0.4, 0.5) is 0 Å². The summed E-state index contributed by atoms with van der Waals surface area (Å²) >= 11 is 0. The molecule has 2 saturated carbocycles. The predicted molar refractivity (Wildman–Crippen MR) is 170 cm³/mol. The van der Waals surface area contributed by atoms with Gasteiger partial charge < -0.3 is 28.5 Å². The minimum atomic E-state index is -2.13. The third-order valence-electron chi connectivity index (χ3n) is 11.4. The van der Waals surface area contributed by atoms with E-state index in [1.807, 2.05) is 27.7 Å². The summed E-state index contributed by atoms with van der Waals surface area (Å²) in [6, 6.07) is 2.80. The highest BCUT2D eigenvalue weighted by Crippen LogP contribution is 2.61. The van der Waals surface area contributed by atoms with Crippen molar-refractivity contribution in [3.8, 4) is 0 Å². The van der Waals surface area contributed by atoms with Gasteiger partial charge in [-0.05, 0) is 60.9 Å². The summed E-state index contributed by atoms with van der Waals surface area (Å²) in [4.78, 5) is 50.9. The Bertz CT molecular complexity index is 1150. The first kappa shape index (κ1) is 37.2. The Morgan fingerprint density at radius 2 is 1.38 bits per heavy atom. The number of hydrogen-bond acceptors (Lipinski definition) is 10. The summed E-state index contributed by atoms with van der Waals surface area (Å²) in [6.07, 6.45) is -2.27. The summed E-state index contributed by atoms with van der Waals surface area (Å²) in [5.74, 6) is -3.46. The minimum Gasteiger partial charge on any atom is -0.462 e. The number of rotatable bonds is 10. The molecule has 0 aromatic rings. The van der Waals surface area contributed by atoms with Crippen LogP contribution in [0.15, 0.2) is 11.1 Å². The third-order valence-corrected chi connectivity index (χ3v) is 16.0. The Morgan fingerprint density at radius 1 is 0.844 bits per heavy atom. The average molecular weight is 653 g/mol. The van der Waals surface area contributed by atoms with Crippen molar-refractivity contribution in [2.75, 3.05) is 6.61 Å². The van der Waals surface area contributed by atoms with E-state index < -0.39 is 85.2 Å². The molecule has 0 amide bonds. The fraction of sp³-hybridized carbons (Fsp3) is 0.824. The van der Waals surface area contributed by atoms with Crippen LogP contribution in [-0.2, 0) is 42.6 Å². The molecule has 0 radical (unpaired) electrons. The van der Waals surface area contributed by atoms with E-state index in [9.17, 15) is 24.3 Å². The Hall–Kier alpha value is -2.24. The van der Waals surface area contributed by atoms with Crippen LogP contribution in [0.2, 0.25) is 18.1 Å². The molecule has 11 heteroatoms. The predicted octanol–water partition coefficient (Wildman–Crippen LogP) is 5.50. The molecular formula is C34H56O10Si. The Morgan fingerprint density at radius 3 is 1.84 bits per heavy atom. The van der Waals surface area contributed by atoms with Crippen molar-refractivity contribution in [1.82, 2.24) is 0 Å². The molecule has 3 aliphatic rings. The highest BCUT2D eigenvalue weighted by molar-refractivity contribution is 6.73. The summed E-state index contributed by atoms with van der Waals surface area (Å²) in [7, 11) is -2.13. The quantitative estimate of drug-likeness (QED) is 0.139. The number of aliphatic hydroxyl groups is 1. The van der Waals surface area contributed by atoms with Crippen LogP contribution in [0.1, 0.15) is 95.4 Å². The molecule has 1 N–H and O–H groups in total. The molecule has 0 aromatic carbocycles. The maximum Gasteiger partial charge on any atom is 0.303 e. The zero-order valence-corrected chi connectivity index (χ0v) is 30.2. The lowest BCUT2D eigenvalue weighted by Gasteiger charge is -2.61. The van der Waals surface area contributed by atoms with Gasteiger partial charge in [0.25, 0.3) is 0 Å². The first-order valence-electron chi connectivity index (χ1n) is 16.6. The Balaban J connectivity index is 2.42. The number of carbonyl (C=O) groups excluding carboxylic acids is 4. The lowest BCUT2D eigenvalue weighted by molar-refractivity contribution is -0.225. The van der Waals surface area contributed by atoms with E-state index in [2.05, 4.69) is 20.8 Å². The van der Waals surface area contributed by atoms with Crippen LogP contribution in [0.25, 0.3) is 0 Å². The maximum atomic E-state index is 12.9. The first-order chi connectivity index (χ1) is 20.9. The molecule has 0 saturated heterocycles. The molecule has 0 heterocycles. The SMILES string of the molecule is CC[Si](CC)(CC)O[C@H]1CC[C@]2(C)[C@@H]([C@H]1CO)[C@H](OC(C)=O)[C@@H]1C[C@H](OC(C)=O)C(C)=C([C@@H](OC(C)=O)[C@@H]2OC(C)=O)C1(C)C. The van der Waals surface area contributed by atoms with Crippen molar-refractivity contribution in [1.29, 1.82) is 0 Å². The van der Waals surface area contributed by atoms with Gasteiger partial charge in [-0.1, -0.05) is 41.5 Å². The monoisotopic (exact) mass is 652 g/mol. The lowest BCUT2D eigenvalue weighted by Crippen LogP contribution is -2.66. The van der Waals surface area contributed by atoms with E-state index in [1.165, 1.54) is 27.7 Å².